The minimum absolute atomic E-state index is 0.0178. The van der Waals surface area contributed by atoms with Crippen molar-refractivity contribution in [2.45, 2.75) is 23.2 Å². The number of nitrogens with one attached hydrogen (secondary N) is 1. The van der Waals surface area contributed by atoms with Gasteiger partial charge in [0, 0.05) is 22.3 Å². The van der Waals surface area contributed by atoms with E-state index in [0.29, 0.717) is 35.0 Å². The van der Waals surface area contributed by atoms with Gasteiger partial charge in [0.2, 0.25) is 15.9 Å². The average molecular weight is 418 g/mol. The number of nitrogens with zero attached hydrogens (tertiary/aromatic N) is 1. The van der Waals surface area contributed by atoms with E-state index >= 15 is 0 Å². The Morgan fingerprint density at radius 1 is 1.11 bits per heavy atom. The standard InChI is InChI=1S/C19H16ClN3O4S/c20-13-3-1-12(2-4-13)16-11-17(23-27-16)19(9-10-19)18(24)22-14-5-7-15(8-6-14)28(21,25)26/h1-8,11H,9-10H2,(H,22,24)(H2,21,25,26). The van der Waals surface area contributed by atoms with E-state index in [4.69, 9.17) is 21.3 Å². The summed E-state index contributed by atoms with van der Waals surface area (Å²) in [6, 6.07) is 14.6. The average Bonchev–Trinajstić information content (AvgIpc) is 3.33. The Balaban J connectivity index is 1.53. The maximum atomic E-state index is 12.8. The van der Waals surface area contributed by atoms with Gasteiger partial charge in [0.1, 0.15) is 0 Å². The molecule has 1 amide bonds. The number of primary sulfonamides is 1. The summed E-state index contributed by atoms with van der Waals surface area (Å²) in [5.74, 6) is 0.343. The Bertz CT molecular complexity index is 1130. The molecular formula is C19H16ClN3O4S. The van der Waals surface area contributed by atoms with Gasteiger partial charge < -0.3 is 9.84 Å². The highest BCUT2D eigenvalue weighted by atomic mass is 35.5. The van der Waals surface area contributed by atoms with Gasteiger partial charge in [0.15, 0.2) is 5.76 Å². The molecule has 28 heavy (non-hydrogen) atoms. The third kappa shape index (κ3) is 3.54. The van der Waals surface area contributed by atoms with Gasteiger partial charge in [0.25, 0.3) is 0 Å². The summed E-state index contributed by atoms with van der Waals surface area (Å²) in [5.41, 5.74) is 1.12. The molecule has 3 N–H and O–H groups in total. The first-order chi connectivity index (χ1) is 13.3. The molecular weight excluding hydrogens is 402 g/mol. The Morgan fingerprint density at radius 2 is 1.75 bits per heavy atom. The molecule has 1 heterocycles. The zero-order valence-corrected chi connectivity index (χ0v) is 16.1. The molecule has 0 bridgehead atoms. The third-order valence-electron chi connectivity index (χ3n) is 4.75. The zero-order chi connectivity index (χ0) is 19.9. The van der Waals surface area contributed by atoms with E-state index in [-0.39, 0.29) is 10.8 Å². The van der Waals surface area contributed by atoms with Crippen molar-refractivity contribution in [3.05, 3.63) is 65.3 Å². The van der Waals surface area contributed by atoms with Crippen LogP contribution in [-0.2, 0) is 20.2 Å². The van der Waals surface area contributed by atoms with Crippen molar-refractivity contribution in [3.8, 4) is 11.3 Å². The van der Waals surface area contributed by atoms with Crippen LogP contribution in [0.3, 0.4) is 0 Å². The molecule has 7 nitrogen and oxygen atoms in total. The topological polar surface area (TPSA) is 115 Å². The molecule has 1 aliphatic rings. The summed E-state index contributed by atoms with van der Waals surface area (Å²) in [5, 5.41) is 12.6. The normalized spacial score (nSPS) is 15.2. The highest BCUT2D eigenvalue weighted by molar-refractivity contribution is 7.89. The number of nitrogens with two attached hydrogens (primary N) is 1. The Kier molecular flexibility index (Phi) is 4.49. The first-order valence-electron chi connectivity index (χ1n) is 8.45. The summed E-state index contributed by atoms with van der Waals surface area (Å²) in [6.07, 6.45) is 1.31. The van der Waals surface area contributed by atoms with Crippen LogP contribution in [0.25, 0.3) is 11.3 Å². The molecule has 9 heteroatoms. The van der Waals surface area contributed by atoms with Gasteiger partial charge in [-0.05, 0) is 61.4 Å². The number of amides is 1. The fraction of sp³-hybridized carbons (Fsp3) is 0.158. The number of carbonyl (C=O) groups excluding carboxylic acids is 1. The third-order valence-corrected chi connectivity index (χ3v) is 5.94. The number of halogens is 1. The second-order valence-electron chi connectivity index (χ2n) is 6.69. The van der Waals surface area contributed by atoms with E-state index in [1.54, 1.807) is 18.2 Å². The first-order valence-corrected chi connectivity index (χ1v) is 10.4. The molecule has 1 aromatic heterocycles. The summed E-state index contributed by atoms with van der Waals surface area (Å²) < 4.78 is 28.1. The molecule has 0 unspecified atom stereocenters. The Hall–Kier alpha value is -2.68. The number of hydrogen-bond donors (Lipinski definition) is 2. The maximum absolute atomic E-state index is 12.8. The first kappa shape index (κ1) is 18.7. The highest BCUT2D eigenvalue weighted by Gasteiger charge is 2.53. The minimum Gasteiger partial charge on any atom is -0.356 e. The monoisotopic (exact) mass is 417 g/mol. The minimum atomic E-state index is -3.78. The summed E-state index contributed by atoms with van der Waals surface area (Å²) in [7, 11) is -3.78. The lowest BCUT2D eigenvalue weighted by molar-refractivity contribution is -0.118. The summed E-state index contributed by atoms with van der Waals surface area (Å²) in [4.78, 5) is 12.8. The van der Waals surface area contributed by atoms with E-state index in [1.165, 1.54) is 24.3 Å². The van der Waals surface area contributed by atoms with Crippen molar-refractivity contribution in [1.29, 1.82) is 0 Å². The summed E-state index contributed by atoms with van der Waals surface area (Å²) in [6.45, 7) is 0. The van der Waals surface area contributed by atoms with Crippen molar-refractivity contribution < 1.29 is 17.7 Å². The highest BCUT2D eigenvalue weighted by Crippen LogP contribution is 2.49. The van der Waals surface area contributed by atoms with Gasteiger partial charge in [-0.15, -0.1) is 0 Å². The van der Waals surface area contributed by atoms with Crippen molar-refractivity contribution >= 4 is 33.2 Å². The molecule has 0 aliphatic heterocycles. The lowest BCUT2D eigenvalue weighted by Crippen LogP contribution is -2.28. The predicted octanol–water partition coefficient (Wildman–Crippen LogP) is 3.31. The van der Waals surface area contributed by atoms with E-state index in [0.717, 1.165) is 5.56 Å². The van der Waals surface area contributed by atoms with Gasteiger partial charge >= 0.3 is 0 Å². The van der Waals surface area contributed by atoms with Crippen LogP contribution in [0.5, 0.6) is 0 Å². The lowest BCUT2D eigenvalue weighted by atomic mass is 10.00. The molecule has 0 saturated heterocycles. The van der Waals surface area contributed by atoms with Gasteiger partial charge in [-0.3, -0.25) is 4.79 Å². The van der Waals surface area contributed by atoms with Crippen molar-refractivity contribution in [2.75, 3.05) is 5.32 Å². The Labute approximate surface area is 166 Å². The molecule has 0 radical (unpaired) electrons. The van der Waals surface area contributed by atoms with E-state index in [2.05, 4.69) is 10.5 Å². The van der Waals surface area contributed by atoms with Gasteiger partial charge in [-0.25, -0.2) is 13.6 Å². The molecule has 2 aromatic carbocycles. The number of aromatic nitrogens is 1. The van der Waals surface area contributed by atoms with Crippen LogP contribution in [0.1, 0.15) is 18.5 Å². The van der Waals surface area contributed by atoms with Gasteiger partial charge in [-0.1, -0.05) is 16.8 Å². The van der Waals surface area contributed by atoms with Crippen molar-refractivity contribution in [3.63, 3.8) is 0 Å². The fourth-order valence-corrected chi connectivity index (χ4v) is 3.60. The number of hydrogen-bond acceptors (Lipinski definition) is 5. The van der Waals surface area contributed by atoms with E-state index < -0.39 is 15.4 Å². The smallest absolute Gasteiger partial charge is 0.238 e. The molecule has 1 fully saturated rings. The van der Waals surface area contributed by atoms with Crippen LogP contribution >= 0.6 is 11.6 Å². The number of sulfonamides is 1. The SMILES string of the molecule is NS(=O)(=O)c1ccc(NC(=O)C2(c3cc(-c4ccc(Cl)cc4)on3)CC2)cc1. The predicted molar refractivity (Wildman–Crippen MR) is 104 cm³/mol. The quantitative estimate of drug-likeness (QED) is 0.660. The van der Waals surface area contributed by atoms with Crippen LogP contribution in [0.2, 0.25) is 5.02 Å². The molecule has 1 saturated carbocycles. The van der Waals surface area contributed by atoms with Gasteiger partial charge in [0.05, 0.1) is 16.0 Å². The second kappa shape index (κ2) is 6.73. The zero-order valence-electron chi connectivity index (χ0n) is 14.6. The second-order valence-corrected chi connectivity index (χ2v) is 8.69. The largest absolute Gasteiger partial charge is 0.356 e. The molecule has 1 aliphatic carbocycles. The molecule has 144 valence electrons. The van der Waals surface area contributed by atoms with Crippen LogP contribution < -0.4 is 10.5 Å². The van der Waals surface area contributed by atoms with Crippen LogP contribution in [0, 0.1) is 0 Å². The molecule has 4 rings (SSSR count). The van der Waals surface area contributed by atoms with Crippen molar-refractivity contribution in [1.82, 2.24) is 5.16 Å². The fourth-order valence-electron chi connectivity index (χ4n) is 2.95. The van der Waals surface area contributed by atoms with Crippen LogP contribution in [0.15, 0.2) is 64.0 Å². The maximum Gasteiger partial charge on any atom is 0.238 e. The van der Waals surface area contributed by atoms with Gasteiger partial charge in [-0.2, -0.15) is 0 Å². The van der Waals surface area contributed by atoms with Crippen molar-refractivity contribution in [2.24, 2.45) is 5.14 Å². The lowest BCUT2D eigenvalue weighted by Gasteiger charge is -2.12. The van der Waals surface area contributed by atoms with Crippen LogP contribution in [0.4, 0.5) is 5.69 Å². The summed E-state index contributed by atoms with van der Waals surface area (Å²) >= 11 is 5.90. The van der Waals surface area contributed by atoms with E-state index in [1.807, 2.05) is 12.1 Å². The molecule has 0 spiro atoms. The molecule has 0 atom stereocenters. The van der Waals surface area contributed by atoms with Crippen LogP contribution in [-0.4, -0.2) is 19.5 Å². The Morgan fingerprint density at radius 3 is 2.32 bits per heavy atom. The number of carbonyl (C=O) groups is 1. The number of benzene rings is 2. The number of anilines is 1. The molecule has 3 aromatic rings. The van der Waals surface area contributed by atoms with E-state index in [9.17, 15) is 13.2 Å². The number of rotatable bonds is 5.